The second-order valence-electron chi connectivity index (χ2n) is 11.6. The molecular formula is C30H37ClFN3O. The highest BCUT2D eigenvalue weighted by Gasteiger charge is 2.52. The van der Waals surface area contributed by atoms with E-state index in [-0.39, 0.29) is 17.4 Å². The molecule has 2 unspecified atom stereocenters. The first-order valence-corrected chi connectivity index (χ1v) is 14.3. The van der Waals surface area contributed by atoms with Crippen LogP contribution in [0, 0.1) is 11.8 Å². The Kier molecular flexibility index (Phi) is 6.81. The maximum Gasteiger partial charge on any atom is 0.228 e. The third-order valence-corrected chi connectivity index (χ3v) is 9.92. The Morgan fingerprint density at radius 3 is 2.69 bits per heavy atom. The maximum atomic E-state index is 14.5. The van der Waals surface area contributed by atoms with Gasteiger partial charge in [0, 0.05) is 36.8 Å². The topological polar surface area (TPSA) is 45.2 Å². The Hall–Kier alpha value is -1.98. The van der Waals surface area contributed by atoms with Gasteiger partial charge < -0.3 is 10.2 Å². The van der Waals surface area contributed by atoms with Crippen LogP contribution in [0.3, 0.4) is 0 Å². The van der Waals surface area contributed by atoms with Crippen LogP contribution in [0.5, 0.6) is 0 Å². The van der Waals surface area contributed by atoms with Crippen LogP contribution in [-0.4, -0.2) is 47.6 Å². The number of nitrogens with one attached hydrogen (secondary N) is 1. The van der Waals surface area contributed by atoms with Gasteiger partial charge in [0.05, 0.1) is 5.92 Å². The van der Waals surface area contributed by atoms with Gasteiger partial charge in [-0.2, -0.15) is 0 Å². The van der Waals surface area contributed by atoms with Crippen LogP contribution in [-0.2, 0) is 16.6 Å². The smallest absolute Gasteiger partial charge is 0.228 e. The fourth-order valence-electron chi connectivity index (χ4n) is 7.86. The summed E-state index contributed by atoms with van der Waals surface area (Å²) in [6, 6.07) is 15.0. The van der Waals surface area contributed by atoms with Crippen LogP contribution in [0.2, 0.25) is 5.15 Å². The van der Waals surface area contributed by atoms with Crippen LogP contribution in [0.25, 0.3) is 0 Å². The predicted molar refractivity (Wildman–Crippen MR) is 141 cm³/mol. The summed E-state index contributed by atoms with van der Waals surface area (Å²) in [4.78, 5) is 21.4. The fraction of sp³-hybridized carbons (Fsp3) is 0.600. The summed E-state index contributed by atoms with van der Waals surface area (Å²) in [7, 11) is 0. The standard InChI is InChI=1S/C30H37ClFN3O/c31-28-13-12-24-26(34-28)7-4-15-30(24)19-33-18-25(30)29(36)35-16-14-22(20-5-2-1-3-6-20)17-27(35)21-8-10-23(32)11-9-21/h1-3,5-6,12-13,21-23,25,27,33H,4,7-11,14-19H2/t21?,22-,23?,25?,27?,30-/m0/s1. The van der Waals surface area contributed by atoms with E-state index in [1.807, 2.05) is 6.07 Å². The molecule has 0 bridgehead atoms. The molecule has 4 aliphatic rings. The largest absolute Gasteiger partial charge is 0.339 e. The number of fused-ring (bicyclic) bond motifs is 2. The number of carbonyl (C=O) groups excluding carboxylic acids is 1. The molecule has 0 radical (unpaired) electrons. The van der Waals surface area contributed by atoms with Crippen molar-refractivity contribution in [3.8, 4) is 0 Å². The first-order chi connectivity index (χ1) is 17.5. The number of halogens is 2. The van der Waals surface area contributed by atoms with E-state index in [1.54, 1.807) is 0 Å². The summed E-state index contributed by atoms with van der Waals surface area (Å²) >= 11 is 6.24. The molecule has 36 heavy (non-hydrogen) atoms. The molecule has 3 heterocycles. The Balaban J connectivity index is 1.30. The van der Waals surface area contributed by atoms with Gasteiger partial charge in [-0.3, -0.25) is 4.79 Å². The molecule has 2 aromatic rings. The lowest BCUT2D eigenvalue weighted by molar-refractivity contribution is -0.143. The zero-order valence-corrected chi connectivity index (χ0v) is 21.7. The number of likely N-dealkylation sites (tertiary alicyclic amines) is 1. The van der Waals surface area contributed by atoms with E-state index >= 15 is 0 Å². The van der Waals surface area contributed by atoms with Crippen molar-refractivity contribution >= 4 is 17.5 Å². The molecule has 2 saturated heterocycles. The van der Waals surface area contributed by atoms with Crippen molar-refractivity contribution in [3.05, 3.63) is 64.4 Å². The van der Waals surface area contributed by atoms with E-state index < -0.39 is 6.17 Å². The molecule has 4 atom stereocenters. The Morgan fingerprint density at radius 2 is 1.89 bits per heavy atom. The van der Waals surface area contributed by atoms with Crippen molar-refractivity contribution in [3.63, 3.8) is 0 Å². The molecule has 1 saturated carbocycles. The van der Waals surface area contributed by atoms with Crippen LogP contribution in [0.1, 0.15) is 74.1 Å². The van der Waals surface area contributed by atoms with Crippen LogP contribution in [0.15, 0.2) is 42.5 Å². The minimum atomic E-state index is -0.681. The number of nitrogens with zero attached hydrogens (tertiary/aromatic N) is 2. The highest BCUT2D eigenvalue weighted by Crippen LogP contribution is 2.47. The van der Waals surface area contributed by atoms with Crippen LogP contribution >= 0.6 is 11.6 Å². The van der Waals surface area contributed by atoms with Gasteiger partial charge in [-0.05, 0) is 86.8 Å². The minimum Gasteiger partial charge on any atom is -0.339 e. The van der Waals surface area contributed by atoms with Gasteiger partial charge in [-0.25, -0.2) is 9.37 Å². The van der Waals surface area contributed by atoms with Crippen LogP contribution < -0.4 is 5.32 Å². The molecule has 1 aromatic carbocycles. The zero-order valence-electron chi connectivity index (χ0n) is 21.0. The lowest BCUT2D eigenvalue weighted by atomic mass is 9.64. The molecule has 1 N–H and O–H groups in total. The summed E-state index contributed by atoms with van der Waals surface area (Å²) < 4.78 is 14.1. The molecular weight excluding hydrogens is 473 g/mol. The molecule has 2 aliphatic heterocycles. The number of hydrogen-bond donors (Lipinski definition) is 1. The van der Waals surface area contributed by atoms with Gasteiger partial charge in [0.25, 0.3) is 0 Å². The Labute approximate surface area is 219 Å². The predicted octanol–water partition coefficient (Wildman–Crippen LogP) is 5.83. The van der Waals surface area contributed by atoms with Crippen molar-refractivity contribution in [2.24, 2.45) is 11.8 Å². The summed E-state index contributed by atoms with van der Waals surface area (Å²) in [6.45, 7) is 2.32. The lowest BCUT2D eigenvalue weighted by Crippen LogP contribution is -2.55. The highest BCUT2D eigenvalue weighted by atomic mass is 35.5. The number of rotatable bonds is 3. The molecule has 1 aromatic heterocycles. The van der Waals surface area contributed by atoms with E-state index in [1.165, 1.54) is 11.1 Å². The zero-order chi connectivity index (χ0) is 24.7. The number of benzene rings is 1. The van der Waals surface area contributed by atoms with E-state index in [4.69, 9.17) is 11.6 Å². The Morgan fingerprint density at radius 1 is 1.08 bits per heavy atom. The third kappa shape index (κ3) is 4.36. The number of amides is 1. The molecule has 6 rings (SSSR count). The molecule has 4 nitrogen and oxygen atoms in total. The number of pyridine rings is 1. The lowest BCUT2D eigenvalue weighted by Gasteiger charge is -2.48. The van der Waals surface area contributed by atoms with Crippen LogP contribution in [0.4, 0.5) is 4.39 Å². The normalized spacial score (nSPS) is 34.5. The summed E-state index contributed by atoms with van der Waals surface area (Å²) in [6.07, 6.45) is 7.30. The van der Waals surface area contributed by atoms with Gasteiger partial charge in [0.2, 0.25) is 5.91 Å². The van der Waals surface area contributed by atoms with E-state index in [0.29, 0.717) is 42.3 Å². The average molecular weight is 510 g/mol. The quantitative estimate of drug-likeness (QED) is 0.529. The Bertz CT molecular complexity index is 1090. The minimum absolute atomic E-state index is 0.0900. The number of aromatic nitrogens is 1. The van der Waals surface area contributed by atoms with Gasteiger partial charge in [0.15, 0.2) is 0 Å². The van der Waals surface area contributed by atoms with Crippen molar-refractivity contribution in [1.29, 1.82) is 0 Å². The monoisotopic (exact) mass is 509 g/mol. The van der Waals surface area contributed by atoms with Gasteiger partial charge in [-0.15, -0.1) is 0 Å². The molecule has 3 fully saturated rings. The van der Waals surface area contributed by atoms with Gasteiger partial charge in [0.1, 0.15) is 11.3 Å². The number of alkyl halides is 1. The average Bonchev–Trinajstić information content (AvgIpc) is 3.32. The number of carbonyl (C=O) groups is 1. The summed E-state index contributed by atoms with van der Waals surface area (Å²) in [5.74, 6) is 1.05. The second kappa shape index (κ2) is 10.1. The molecule has 2 aliphatic carbocycles. The van der Waals surface area contributed by atoms with E-state index in [9.17, 15) is 9.18 Å². The first kappa shape index (κ1) is 24.4. The molecule has 192 valence electrons. The number of aryl methyl sites for hydroxylation is 1. The van der Waals surface area contributed by atoms with E-state index in [0.717, 1.165) is 63.7 Å². The molecule has 1 amide bonds. The summed E-state index contributed by atoms with van der Waals surface area (Å²) in [5.41, 5.74) is 3.45. The van der Waals surface area contributed by atoms with E-state index in [2.05, 4.69) is 51.6 Å². The number of piperidine rings is 1. The first-order valence-electron chi connectivity index (χ1n) is 13.9. The van der Waals surface area contributed by atoms with Gasteiger partial charge in [-0.1, -0.05) is 48.0 Å². The SMILES string of the molecule is O=C(C1CNC[C@]12CCCc1nc(Cl)ccc12)N1CC[C@H](c2ccccc2)CC1C1CCC(F)CC1. The van der Waals surface area contributed by atoms with Crippen molar-refractivity contribution in [2.45, 2.75) is 81.3 Å². The van der Waals surface area contributed by atoms with Crippen molar-refractivity contribution < 1.29 is 9.18 Å². The molecule has 1 spiro atoms. The second-order valence-corrected chi connectivity index (χ2v) is 12.0. The summed E-state index contributed by atoms with van der Waals surface area (Å²) in [5, 5.41) is 4.12. The maximum absolute atomic E-state index is 14.5. The highest BCUT2D eigenvalue weighted by molar-refractivity contribution is 6.29. The van der Waals surface area contributed by atoms with Gasteiger partial charge >= 0.3 is 0 Å². The number of hydrogen-bond acceptors (Lipinski definition) is 3. The molecule has 6 heteroatoms. The third-order valence-electron chi connectivity index (χ3n) is 9.71. The van der Waals surface area contributed by atoms with Crippen molar-refractivity contribution in [1.82, 2.24) is 15.2 Å². The van der Waals surface area contributed by atoms with Crippen molar-refractivity contribution in [2.75, 3.05) is 19.6 Å². The fourth-order valence-corrected chi connectivity index (χ4v) is 8.03.